The molecule has 0 aromatic heterocycles. The first kappa shape index (κ1) is 10.9. The topological polar surface area (TPSA) is 3.24 Å². The summed E-state index contributed by atoms with van der Waals surface area (Å²) in [6.07, 6.45) is 1.10. The van der Waals surface area contributed by atoms with Crippen LogP contribution in [0.2, 0.25) is 5.02 Å². The van der Waals surface area contributed by atoms with Gasteiger partial charge in [0.25, 0.3) is 0 Å². The molecule has 1 atom stereocenters. The molecule has 0 spiro atoms. The van der Waals surface area contributed by atoms with Gasteiger partial charge in [-0.3, -0.25) is 0 Å². The Morgan fingerprint density at radius 2 is 2.20 bits per heavy atom. The second-order valence-corrected chi connectivity index (χ2v) is 5.08. The molecule has 82 valence electrons. The first-order chi connectivity index (χ1) is 7.01. The average Bonchev–Trinajstić information content (AvgIpc) is 2.52. The molecule has 1 aliphatic rings. The minimum atomic E-state index is -0.338. The van der Waals surface area contributed by atoms with Crippen LogP contribution in [0.5, 0.6) is 0 Å². The highest BCUT2D eigenvalue weighted by Crippen LogP contribution is 2.34. The van der Waals surface area contributed by atoms with Crippen molar-refractivity contribution < 1.29 is 4.39 Å². The molecular formula is C12H15ClFN. The first-order valence-electron chi connectivity index (χ1n) is 5.15. The SMILES string of the molecule is CN1CC[C@@](C)(c2ccc(F)c(Cl)c2)C1. The van der Waals surface area contributed by atoms with E-state index in [2.05, 4.69) is 18.9 Å². The van der Waals surface area contributed by atoms with Gasteiger partial charge in [0, 0.05) is 12.0 Å². The Balaban J connectivity index is 2.33. The third-order valence-corrected chi connectivity index (χ3v) is 3.57. The lowest BCUT2D eigenvalue weighted by atomic mass is 9.82. The van der Waals surface area contributed by atoms with Crippen LogP contribution in [0, 0.1) is 5.82 Å². The van der Waals surface area contributed by atoms with Gasteiger partial charge in [0.15, 0.2) is 0 Å². The largest absolute Gasteiger partial charge is 0.305 e. The van der Waals surface area contributed by atoms with Crippen LogP contribution in [0.25, 0.3) is 0 Å². The summed E-state index contributed by atoms with van der Waals surface area (Å²) < 4.78 is 13.0. The van der Waals surface area contributed by atoms with Gasteiger partial charge >= 0.3 is 0 Å². The molecule has 0 bridgehead atoms. The molecule has 1 fully saturated rings. The van der Waals surface area contributed by atoms with Gasteiger partial charge in [0.2, 0.25) is 0 Å². The zero-order chi connectivity index (χ0) is 11.1. The molecule has 0 radical (unpaired) electrons. The van der Waals surface area contributed by atoms with Gasteiger partial charge in [-0.2, -0.15) is 0 Å². The zero-order valence-corrected chi connectivity index (χ0v) is 9.81. The van der Waals surface area contributed by atoms with Crippen LogP contribution in [0.15, 0.2) is 18.2 Å². The Morgan fingerprint density at radius 1 is 1.47 bits per heavy atom. The standard InChI is InChI=1S/C12H15ClFN/c1-12(5-6-15(2)8-12)9-3-4-11(14)10(13)7-9/h3-4,7H,5-6,8H2,1-2H3/t12-/m1/s1. The van der Waals surface area contributed by atoms with E-state index in [4.69, 9.17) is 11.6 Å². The van der Waals surface area contributed by atoms with E-state index in [1.54, 1.807) is 6.07 Å². The lowest BCUT2D eigenvalue weighted by Gasteiger charge is -2.24. The number of rotatable bonds is 1. The maximum absolute atomic E-state index is 13.0. The summed E-state index contributed by atoms with van der Waals surface area (Å²) in [6.45, 7) is 4.31. The van der Waals surface area contributed by atoms with E-state index < -0.39 is 0 Å². The molecule has 15 heavy (non-hydrogen) atoms. The van der Waals surface area contributed by atoms with Crippen molar-refractivity contribution in [3.8, 4) is 0 Å². The highest BCUT2D eigenvalue weighted by atomic mass is 35.5. The molecule has 1 aliphatic heterocycles. The molecule has 0 unspecified atom stereocenters. The van der Waals surface area contributed by atoms with E-state index in [-0.39, 0.29) is 16.3 Å². The van der Waals surface area contributed by atoms with Crippen molar-refractivity contribution in [3.05, 3.63) is 34.6 Å². The zero-order valence-electron chi connectivity index (χ0n) is 9.06. The van der Waals surface area contributed by atoms with Crippen molar-refractivity contribution in [1.29, 1.82) is 0 Å². The molecule has 1 aromatic rings. The van der Waals surface area contributed by atoms with E-state index in [0.29, 0.717) is 0 Å². The lowest BCUT2D eigenvalue weighted by Crippen LogP contribution is -2.26. The number of nitrogens with zero attached hydrogens (tertiary/aromatic N) is 1. The van der Waals surface area contributed by atoms with Crippen LogP contribution in [0.4, 0.5) is 4.39 Å². The van der Waals surface area contributed by atoms with E-state index >= 15 is 0 Å². The second kappa shape index (κ2) is 3.76. The highest BCUT2D eigenvalue weighted by Gasteiger charge is 2.33. The molecule has 3 heteroatoms. The Kier molecular flexibility index (Phi) is 2.73. The maximum atomic E-state index is 13.0. The number of likely N-dealkylation sites (tertiary alicyclic amines) is 1. The molecule has 1 nitrogen and oxygen atoms in total. The normalized spacial score (nSPS) is 27.2. The lowest BCUT2D eigenvalue weighted by molar-refractivity contribution is 0.381. The van der Waals surface area contributed by atoms with Crippen LogP contribution >= 0.6 is 11.6 Å². The van der Waals surface area contributed by atoms with Crippen LogP contribution < -0.4 is 0 Å². The van der Waals surface area contributed by atoms with Crippen LogP contribution in [-0.4, -0.2) is 25.0 Å². The Morgan fingerprint density at radius 3 is 2.73 bits per heavy atom. The van der Waals surface area contributed by atoms with Gasteiger partial charge in [-0.05, 0) is 37.7 Å². The average molecular weight is 228 g/mol. The molecule has 2 rings (SSSR count). The number of halogens is 2. The quantitative estimate of drug-likeness (QED) is 0.713. The van der Waals surface area contributed by atoms with Gasteiger partial charge in [-0.1, -0.05) is 24.6 Å². The fourth-order valence-corrected chi connectivity index (χ4v) is 2.48. The summed E-state index contributed by atoms with van der Waals surface area (Å²) >= 11 is 5.80. The van der Waals surface area contributed by atoms with Gasteiger partial charge in [0.1, 0.15) is 5.82 Å². The molecule has 1 heterocycles. The fraction of sp³-hybridized carbons (Fsp3) is 0.500. The van der Waals surface area contributed by atoms with Crippen molar-refractivity contribution in [2.75, 3.05) is 20.1 Å². The summed E-state index contributed by atoms with van der Waals surface area (Å²) in [4.78, 5) is 2.29. The number of likely N-dealkylation sites (N-methyl/N-ethyl adjacent to an activating group) is 1. The third kappa shape index (κ3) is 2.01. The third-order valence-electron chi connectivity index (χ3n) is 3.28. The molecular weight excluding hydrogens is 213 g/mol. The smallest absolute Gasteiger partial charge is 0.141 e. The number of hydrogen-bond donors (Lipinski definition) is 0. The molecule has 1 saturated heterocycles. The van der Waals surface area contributed by atoms with E-state index in [1.165, 1.54) is 6.07 Å². The van der Waals surface area contributed by atoms with Crippen LogP contribution in [0.3, 0.4) is 0 Å². The van der Waals surface area contributed by atoms with Gasteiger partial charge < -0.3 is 4.90 Å². The van der Waals surface area contributed by atoms with Gasteiger partial charge in [-0.15, -0.1) is 0 Å². The Bertz CT molecular complexity index is 380. The summed E-state index contributed by atoms with van der Waals surface area (Å²) in [5, 5.41) is 0.225. The van der Waals surface area contributed by atoms with Crippen LogP contribution in [0.1, 0.15) is 18.9 Å². The van der Waals surface area contributed by atoms with Gasteiger partial charge in [0.05, 0.1) is 5.02 Å². The predicted octanol–water partition coefficient (Wildman–Crippen LogP) is 3.07. The maximum Gasteiger partial charge on any atom is 0.141 e. The molecule has 0 N–H and O–H groups in total. The Labute approximate surface area is 94.8 Å². The van der Waals surface area contributed by atoms with Gasteiger partial charge in [-0.25, -0.2) is 4.39 Å². The van der Waals surface area contributed by atoms with E-state index in [0.717, 1.165) is 25.1 Å². The Hall–Kier alpha value is -0.600. The summed E-state index contributed by atoms with van der Waals surface area (Å²) in [5.74, 6) is -0.338. The monoisotopic (exact) mass is 227 g/mol. The molecule has 0 saturated carbocycles. The predicted molar refractivity (Wildman–Crippen MR) is 60.9 cm³/mol. The number of benzene rings is 1. The van der Waals surface area contributed by atoms with Crippen molar-refractivity contribution in [1.82, 2.24) is 4.90 Å². The highest BCUT2D eigenvalue weighted by molar-refractivity contribution is 6.30. The van der Waals surface area contributed by atoms with Crippen molar-refractivity contribution in [3.63, 3.8) is 0 Å². The second-order valence-electron chi connectivity index (χ2n) is 4.68. The van der Waals surface area contributed by atoms with Crippen molar-refractivity contribution in [2.45, 2.75) is 18.8 Å². The van der Waals surface area contributed by atoms with E-state index in [1.807, 2.05) is 6.07 Å². The molecule has 1 aromatic carbocycles. The van der Waals surface area contributed by atoms with Crippen LogP contribution in [-0.2, 0) is 5.41 Å². The fourth-order valence-electron chi connectivity index (χ4n) is 2.30. The first-order valence-corrected chi connectivity index (χ1v) is 5.53. The minimum Gasteiger partial charge on any atom is -0.305 e. The summed E-state index contributed by atoms with van der Waals surface area (Å²) in [5.41, 5.74) is 1.25. The van der Waals surface area contributed by atoms with E-state index in [9.17, 15) is 4.39 Å². The molecule has 0 amide bonds. The minimum absolute atomic E-state index is 0.117. The van der Waals surface area contributed by atoms with Crippen molar-refractivity contribution in [2.24, 2.45) is 0 Å². The summed E-state index contributed by atoms with van der Waals surface area (Å²) in [6, 6.07) is 5.07. The van der Waals surface area contributed by atoms with Crippen molar-refractivity contribution >= 4 is 11.6 Å². The summed E-state index contributed by atoms with van der Waals surface area (Å²) in [7, 11) is 2.11. The molecule has 0 aliphatic carbocycles. The number of hydrogen-bond acceptors (Lipinski definition) is 1.